The fourth-order valence-corrected chi connectivity index (χ4v) is 2.53. The van der Waals surface area contributed by atoms with Gasteiger partial charge in [-0.3, -0.25) is 14.4 Å². The lowest BCUT2D eigenvalue weighted by molar-refractivity contribution is -0.142. The fraction of sp³-hybridized carbons (Fsp3) is 0.667. The first-order chi connectivity index (χ1) is 8.11. The molecule has 1 aromatic heterocycles. The minimum absolute atomic E-state index is 0.320. The van der Waals surface area contributed by atoms with Crippen molar-refractivity contribution < 1.29 is 9.90 Å². The number of rotatable bonds is 4. The van der Waals surface area contributed by atoms with Crippen molar-refractivity contribution in [3.05, 3.63) is 17.5 Å². The van der Waals surface area contributed by atoms with Gasteiger partial charge < -0.3 is 5.11 Å². The van der Waals surface area contributed by atoms with Gasteiger partial charge in [0.2, 0.25) is 0 Å². The van der Waals surface area contributed by atoms with Crippen molar-refractivity contribution in [3.8, 4) is 0 Å². The van der Waals surface area contributed by atoms with Crippen LogP contribution in [0.2, 0.25) is 0 Å². The van der Waals surface area contributed by atoms with E-state index in [0.717, 1.165) is 37.1 Å². The highest BCUT2D eigenvalue weighted by molar-refractivity contribution is 5.73. The largest absolute Gasteiger partial charge is 0.480 e. The molecule has 17 heavy (non-hydrogen) atoms. The Bertz CT molecular complexity index is 414. The number of hydrogen-bond acceptors (Lipinski definition) is 3. The maximum atomic E-state index is 11.1. The van der Waals surface area contributed by atoms with Crippen LogP contribution in [0.5, 0.6) is 0 Å². The number of likely N-dealkylation sites (tertiary alicyclic amines) is 1. The molecule has 0 aromatic carbocycles. The van der Waals surface area contributed by atoms with E-state index in [4.69, 9.17) is 5.11 Å². The van der Waals surface area contributed by atoms with Crippen LogP contribution in [0.4, 0.5) is 0 Å². The van der Waals surface area contributed by atoms with E-state index in [-0.39, 0.29) is 6.04 Å². The molecule has 0 amide bonds. The van der Waals surface area contributed by atoms with Gasteiger partial charge in [0, 0.05) is 25.4 Å². The first kappa shape index (κ1) is 12.1. The van der Waals surface area contributed by atoms with Gasteiger partial charge >= 0.3 is 5.97 Å². The molecule has 1 aromatic rings. The van der Waals surface area contributed by atoms with Crippen LogP contribution < -0.4 is 0 Å². The van der Waals surface area contributed by atoms with Gasteiger partial charge in [-0.2, -0.15) is 5.10 Å². The molecule has 1 atom stereocenters. The molecular weight excluding hydrogens is 218 g/mol. The first-order valence-electron chi connectivity index (χ1n) is 6.10. The summed E-state index contributed by atoms with van der Waals surface area (Å²) in [7, 11) is 1.90. The fourth-order valence-electron chi connectivity index (χ4n) is 2.53. The molecule has 5 heteroatoms. The molecule has 0 spiro atoms. The van der Waals surface area contributed by atoms with Gasteiger partial charge in [0.1, 0.15) is 6.04 Å². The van der Waals surface area contributed by atoms with Gasteiger partial charge in [0.15, 0.2) is 0 Å². The van der Waals surface area contributed by atoms with Crippen molar-refractivity contribution >= 4 is 5.97 Å². The van der Waals surface area contributed by atoms with Crippen molar-refractivity contribution in [3.63, 3.8) is 0 Å². The maximum Gasteiger partial charge on any atom is 0.320 e. The summed E-state index contributed by atoms with van der Waals surface area (Å²) in [5, 5.41) is 13.5. The Hall–Kier alpha value is -1.36. The molecule has 5 nitrogen and oxygen atoms in total. The van der Waals surface area contributed by atoms with E-state index in [0.29, 0.717) is 6.54 Å². The van der Waals surface area contributed by atoms with Crippen LogP contribution in [-0.4, -0.2) is 38.3 Å². The minimum atomic E-state index is -0.704. The molecule has 2 rings (SSSR count). The Balaban J connectivity index is 2.11. The summed E-state index contributed by atoms with van der Waals surface area (Å²) >= 11 is 0. The maximum absolute atomic E-state index is 11.1. The molecule has 0 radical (unpaired) electrons. The summed E-state index contributed by atoms with van der Waals surface area (Å²) < 4.78 is 1.81. The van der Waals surface area contributed by atoms with Crippen molar-refractivity contribution in [2.45, 2.75) is 38.8 Å². The van der Waals surface area contributed by atoms with Gasteiger partial charge in [-0.05, 0) is 25.8 Å². The molecule has 1 aliphatic rings. The van der Waals surface area contributed by atoms with Gasteiger partial charge in [-0.25, -0.2) is 0 Å². The molecule has 0 saturated carbocycles. The Morgan fingerprint density at radius 1 is 1.65 bits per heavy atom. The Morgan fingerprint density at radius 3 is 3.06 bits per heavy atom. The van der Waals surface area contributed by atoms with Crippen LogP contribution in [0.15, 0.2) is 6.20 Å². The highest BCUT2D eigenvalue weighted by Gasteiger charge is 2.30. The third-order valence-electron chi connectivity index (χ3n) is 3.35. The van der Waals surface area contributed by atoms with E-state index >= 15 is 0 Å². The monoisotopic (exact) mass is 237 g/mol. The van der Waals surface area contributed by atoms with Gasteiger partial charge in [-0.1, -0.05) is 6.92 Å². The van der Waals surface area contributed by atoms with Crippen LogP contribution in [0.25, 0.3) is 0 Å². The SMILES string of the molecule is CCc1nn(C)cc1CN1CCCC1C(=O)O. The Kier molecular flexibility index (Phi) is 3.47. The van der Waals surface area contributed by atoms with Crippen molar-refractivity contribution in [1.29, 1.82) is 0 Å². The van der Waals surface area contributed by atoms with Crippen LogP contribution in [0, 0.1) is 0 Å². The average Bonchev–Trinajstić information content (AvgIpc) is 2.85. The molecule has 94 valence electrons. The van der Waals surface area contributed by atoms with E-state index in [1.165, 1.54) is 0 Å². The summed E-state index contributed by atoms with van der Waals surface area (Å²) in [5.41, 5.74) is 2.23. The van der Waals surface area contributed by atoms with E-state index in [9.17, 15) is 4.79 Å². The topological polar surface area (TPSA) is 58.4 Å². The first-order valence-corrected chi connectivity index (χ1v) is 6.10. The predicted molar refractivity (Wildman–Crippen MR) is 63.7 cm³/mol. The van der Waals surface area contributed by atoms with Crippen LogP contribution in [0.3, 0.4) is 0 Å². The number of carbonyl (C=O) groups is 1. The second-order valence-electron chi connectivity index (χ2n) is 4.59. The number of carboxylic acids is 1. The quantitative estimate of drug-likeness (QED) is 0.849. The van der Waals surface area contributed by atoms with Crippen molar-refractivity contribution in [2.75, 3.05) is 6.54 Å². The molecular formula is C12H19N3O2. The number of carboxylic acid groups (broad SMARTS) is 1. The van der Waals surface area contributed by atoms with Crippen LogP contribution in [-0.2, 0) is 24.8 Å². The molecule has 0 bridgehead atoms. The standard InChI is InChI=1S/C12H19N3O2/c1-3-10-9(7-14(2)13-10)8-15-6-4-5-11(15)12(16)17/h7,11H,3-6,8H2,1-2H3,(H,16,17). The van der Waals surface area contributed by atoms with Crippen molar-refractivity contribution in [2.24, 2.45) is 7.05 Å². The summed E-state index contributed by atoms with van der Waals surface area (Å²) in [6, 6.07) is -0.320. The smallest absolute Gasteiger partial charge is 0.320 e. The predicted octanol–water partition coefficient (Wildman–Crippen LogP) is 1.03. The highest BCUT2D eigenvalue weighted by Crippen LogP contribution is 2.21. The average molecular weight is 237 g/mol. The molecule has 1 aliphatic heterocycles. The number of aromatic nitrogens is 2. The lowest BCUT2D eigenvalue weighted by Crippen LogP contribution is -2.35. The molecule has 0 aliphatic carbocycles. The number of aryl methyl sites for hydroxylation is 2. The zero-order chi connectivity index (χ0) is 12.4. The Morgan fingerprint density at radius 2 is 2.41 bits per heavy atom. The number of nitrogens with zero attached hydrogens (tertiary/aromatic N) is 3. The third-order valence-corrected chi connectivity index (χ3v) is 3.35. The van der Waals surface area contributed by atoms with Gasteiger partial charge in [-0.15, -0.1) is 0 Å². The number of hydrogen-bond donors (Lipinski definition) is 1. The Labute approximate surface area is 101 Å². The van der Waals surface area contributed by atoms with E-state index < -0.39 is 5.97 Å². The van der Waals surface area contributed by atoms with E-state index in [1.807, 2.05) is 18.1 Å². The zero-order valence-electron chi connectivity index (χ0n) is 10.4. The minimum Gasteiger partial charge on any atom is -0.480 e. The van der Waals surface area contributed by atoms with Crippen LogP contribution >= 0.6 is 0 Å². The van der Waals surface area contributed by atoms with Crippen LogP contribution in [0.1, 0.15) is 31.0 Å². The van der Waals surface area contributed by atoms with E-state index in [1.54, 1.807) is 4.68 Å². The summed E-state index contributed by atoms with van der Waals surface area (Å²) in [4.78, 5) is 13.1. The molecule has 1 saturated heterocycles. The van der Waals surface area contributed by atoms with Gasteiger partial charge in [0.25, 0.3) is 0 Å². The second-order valence-corrected chi connectivity index (χ2v) is 4.59. The lowest BCUT2D eigenvalue weighted by Gasteiger charge is -2.20. The van der Waals surface area contributed by atoms with Crippen molar-refractivity contribution in [1.82, 2.24) is 14.7 Å². The molecule has 1 fully saturated rings. The summed E-state index contributed by atoms with van der Waals surface area (Å²) in [6.07, 6.45) is 4.62. The second kappa shape index (κ2) is 4.87. The zero-order valence-corrected chi connectivity index (χ0v) is 10.4. The highest BCUT2D eigenvalue weighted by atomic mass is 16.4. The normalized spacial score (nSPS) is 20.9. The van der Waals surface area contributed by atoms with E-state index in [2.05, 4.69) is 12.0 Å². The lowest BCUT2D eigenvalue weighted by atomic mass is 10.2. The summed E-state index contributed by atoms with van der Waals surface area (Å²) in [5.74, 6) is -0.704. The summed E-state index contributed by atoms with van der Waals surface area (Å²) in [6.45, 7) is 3.65. The third kappa shape index (κ3) is 2.49. The molecule has 1 unspecified atom stereocenters. The van der Waals surface area contributed by atoms with Gasteiger partial charge in [0.05, 0.1) is 5.69 Å². The number of aliphatic carboxylic acids is 1. The molecule has 2 heterocycles. The molecule has 1 N–H and O–H groups in total.